The third-order valence-electron chi connectivity index (χ3n) is 12.7. The summed E-state index contributed by atoms with van der Waals surface area (Å²) in [5, 5.41) is 12.5. The van der Waals surface area contributed by atoms with E-state index in [1.165, 1.54) is 12.1 Å². The van der Waals surface area contributed by atoms with Crippen LogP contribution in [-0.4, -0.2) is 91.1 Å². The van der Waals surface area contributed by atoms with Gasteiger partial charge in [-0.25, -0.2) is 8.78 Å². The van der Waals surface area contributed by atoms with Gasteiger partial charge in [-0.3, -0.25) is 24.6 Å². The second-order valence-corrected chi connectivity index (χ2v) is 16.3. The Labute approximate surface area is 331 Å². The van der Waals surface area contributed by atoms with Crippen LogP contribution in [0.15, 0.2) is 72.8 Å². The van der Waals surface area contributed by atoms with Crippen molar-refractivity contribution in [2.24, 2.45) is 5.92 Å². The van der Waals surface area contributed by atoms with E-state index in [0.717, 1.165) is 73.5 Å². The van der Waals surface area contributed by atoms with Crippen LogP contribution < -0.4 is 19.9 Å². The third-order valence-corrected chi connectivity index (χ3v) is 12.7. The van der Waals surface area contributed by atoms with Crippen molar-refractivity contribution in [2.45, 2.75) is 57.0 Å². The molecule has 12 heteroatoms. The number of piperazine rings is 1. The molecule has 5 aliphatic rings. The molecule has 0 unspecified atom stereocenters. The minimum absolute atomic E-state index is 0.0344. The summed E-state index contributed by atoms with van der Waals surface area (Å²) in [6, 6.07) is 21.4. The summed E-state index contributed by atoms with van der Waals surface area (Å²) in [7, 11) is 0. The number of phenols is 1. The fraction of sp³-hybridized carbons (Fsp3) is 0.400. The Bertz CT molecular complexity index is 2210. The standard InChI is InChI=1S/C45H47F2N5O5/c1-27-3-2-4-29(19-27)36-26-57-40-23-33(53)6-8-35(40)42(36)30-21-37(46)43(38(47)22-30)51-13-11-28(12-14-51)24-49-15-17-50(18-16-49)32-5-7-34-31(20-32)25-52(45(34)56)39-9-10-41(54)48-44(39)55/h2-8,19-23,28,36,39,42,53H,9-18,24-26H2,1H3,(H,48,54,55)/t36-,39+,42-/m1/s1. The van der Waals surface area contributed by atoms with Crippen LogP contribution in [0.5, 0.6) is 11.5 Å². The van der Waals surface area contributed by atoms with Crippen LogP contribution in [0.25, 0.3) is 0 Å². The second-order valence-electron chi connectivity index (χ2n) is 16.3. The lowest BCUT2D eigenvalue weighted by molar-refractivity contribution is -0.136. The summed E-state index contributed by atoms with van der Waals surface area (Å²) in [5.41, 5.74) is 6.08. The highest BCUT2D eigenvalue weighted by Crippen LogP contribution is 2.48. The highest BCUT2D eigenvalue weighted by molar-refractivity contribution is 6.05. The summed E-state index contributed by atoms with van der Waals surface area (Å²) < 4.78 is 38.4. The van der Waals surface area contributed by atoms with Gasteiger partial charge in [-0.15, -0.1) is 0 Å². The van der Waals surface area contributed by atoms with E-state index in [9.17, 15) is 19.5 Å². The van der Waals surface area contributed by atoms with Crippen molar-refractivity contribution in [3.8, 4) is 11.5 Å². The largest absolute Gasteiger partial charge is 0.508 e. The molecule has 4 aromatic rings. The molecule has 57 heavy (non-hydrogen) atoms. The number of aryl methyl sites for hydroxylation is 1. The number of benzene rings is 4. The molecule has 296 valence electrons. The number of fused-ring (bicyclic) bond motifs is 2. The summed E-state index contributed by atoms with van der Waals surface area (Å²) in [4.78, 5) is 45.5. The lowest BCUT2D eigenvalue weighted by Gasteiger charge is -2.40. The first-order chi connectivity index (χ1) is 27.6. The van der Waals surface area contributed by atoms with Gasteiger partial charge < -0.3 is 24.5 Å². The van der Waals surface area contributed by atoms with Gasteiger partial charge in [0.2, 0.25) is 11.8 Å². The quantitative estimate of drug-likeness (QED) is 0.218. The zero-order valence-electron chi connectivity index (χ0n) is 32.1. The summed E-state index contributed by atoms with van der Waals surface area (Å²) in [6.45, 7) is 8.25. The molecule has 5 heterocycles. The monoisotopic (exact) mass is 775 g/mol. The maximum absolute atomic E-state index is 16.1. The van der Waals surface area contributed by atoms with Gasteiger partial charge in [0.05, 0.1) is 6.61 Å². The van der Waals surface area contributed by atoms with E-state index in [-0.39, 0.29) is 41.5 Å². The number of rotatable bonds is 7. The number of halogens is 2. The average molecular weight is 776 g/mol. The molecule has 5 aliphatic heterocycles. The Balaban J connectivity index is 0.814. The lowest BCUT2D eigenvalue weighted by Crippen LogP contribution is -2.52. The fourth-order valence-corrected chi connectivity index (χ4v) is 9.72. The number of piperidine rings is 2. The predicted molar refractivity (Wildman–Crippen MR) is 212 cm³/mol. The molecule has 2 N–H and O–H groups in total. The number of carbonyl (C=O) groups excluding carboxylic acids is 3. The van der Waals surface area contributed by atoms with Gasteiger partial charge >= 0.3 is 0 Å². The maximum Gasteiger partial charge on any atom is 0.255 e. The predicted octanol–water partition coefficient (Wildman–Crippen LogP) is 6.09. The first-order valence-electron chi connectivity index (χ1n) is 20.1. The molecule has 3 atom stereocenters. The van der Waals surface area contributed by atoms with Crippen LogP contribution in [0.4, 0.5) is 20.2 Å². The van der Waals surface area contributed by atoms with Crippen molar-refractivity contribution < 1.29 is 33.0 Å². The number of imide groups is 1. The zero-order valence-corrected chi connectivity index (χ0v) is 32.1. The normalized spacial score (nSPS) is 23.0. The molecule has 4 aromatic carbocycles. The van der Waals surface area contributed by atoms with Crippen molar-refractivity contribution in [1.29, 1.82) is 0 Å². The number of carbonyl (C=O) groups is 3. The summed E-state index contributed by atoms with van der Waals surface area (Å²) in [6.07, 6.45) is 2.26. The molecule has 0 aliphatic carbocycles. The molecule has 0 saturated carbocycles. The smallest absolute Gasteiger partial charge is 0.255 e. The van der Waals surface area contributed by atoms with Crippen LogP contribution >= 0.6 is 0 Å². The Kier molecular flexibility index (Phi) is 9.84. The molecular formula is C45H47F2N5O5. The number of anilines is 2. The molecule has 0 spiro atoms. The Morgan fingerprint density at radius 1 is 0.825 bits per heavy atom. The topological polar surface area (TPSA) is 106 Å². The van der Waals surface area contributed by atoms with Crippen molar-refractivity contribution in [2.75, 3.05) is 62.2 Å². The molecule has 3 amide bonds. The van der Waals surface area contributed by atoms with Gasteiger partial charge in [0, 0.05) is 93.5 Å². The summed E-state index contributed by atoms with van der Waals surface area (Å²) >= 11 is 0. The van der Waals surface area contributed by atoms with Crippen LogP contribution in [0.2, 0.25) is 0 Å². The minimum Gasteiger partial charge on any atom is -0.508 e. The minimum atomic E-state index is -0.628. The lowest BCUT2D eigenvalue weighted by atomic mass is 9.75. The molecule has 3 saturated heterocycles. The molecule has 3 fully saturated rings. The Morgan fingerprint density at radius 3 is 2.33 bits per heavy atom. The van der Waals surface area contributed by atoms with Gasteiger partial charge in [0.15, 0.2) is 0 Å². The van der Waals surface area contributed by atoms with Crippen molar-refractivity contribution in [1.82, 2.24) is 15.1 Å². The van der Waals surface area contributed by atoms with Gasteiger partial charge in [-0.05, 0) is 85.2 Å². The number of phenolic OH excluding ortho intramolecular Hbond substituents is 1. The molecule has 9 rings (SSSR count). The molecule has 0 aromatic heterocycles. The van der Waals surface area contributed by atoms with E-state index in [2.05, 4.69) is 27.2 Å². The van der Waals surface area contributed by atoms with Crippen molar-refractivity contribution >= 4 is 29.1 Å². The van der Waals surface area contributed by atoms with Crippen LogP contribution in [-0.2, 0) is 16.1 Å². The maximum atomic E-state index is 16.1. The Morgan fingerprint density at radius 2 is 1.60 bits per heavy atom. The first kappa shape index (κ1) is 37.1. The van der Waals surface area contributed by atoms with Gasteiger partial charge in [-0.1, -0.05) is 35.9 Å². The number of hydrogen-bond acceptors (Lipinski definition) is 8. The first-order valence-corrected chi connectivity index (χ1v) is 20.1. The van der Waals surface area contributed by atoms with Gasteiger partial charge in [0.1, 0.15) is 34.9 Å². The van der Waals surface area contributed by atoms with E-state index in [0.29, 0.717) is 55.5 Å². The number of nitrogens with zero attached hydrogens (tertiary/aromatic N) is 4. The highest BCUT2D eigenvalue weighted by atomic mass is 19.1. The van der Waals surface area contributed by atoms with Crippen LogP contribution in [0, 0.1) is 24.5 Å². The fourth-order valence-electron chi connectivity index (χ4n) is 9.72. The van der Waals surface area contributed by atoms with E-state index in [4.69, 9.17) is 4.74 Å². The summed E-state index contributed by atoms with van der Waals surface area (Å²) in [5.74, 6) is -1.49. The second kappa shape index (κ2) is 15.1. The van der Waals surface area contributed by atoms with E-state index in [1.54, 1.807) is 23.1 Å². The average Bonchev–Trinajstić information content (AvgIpc) is 3.52. The number of ether oxygens (including phenoxy) is 1. The molecular weight excluding hydrogens is 729 g/mol. The van der Waals surface area contributed by atoms with Gasteiger partial charge in [-0.2, -0.15) is 0 Å². The zero-order chi connectivity index (χ0) is 39.4. The van der Waals surface area contributed by atoms with Crippen LogP contribution in [0.3, 0.4) is 0 Å². The van der Waals surface area contributed by atoms with E-state index in [1.807, 2.05) is 42.2 Å². The SMILES string of the molecule is Cc1cccc([C@H]2COc3cc(O)ccc3[C@H]2c2cc(F)c(N3CCC(CN4CCN(c5ccc6c(c5)CN([C@H]5CCC(=O)NC5=O)C6=O)CC4)CC3)c(F)c2)c1. The van der Waals surface area contributed by atoms with Gasteiger partial charge in [0.25, 0.3) is 5.91 Å². The number of nitrogens with one attached hydrogen (secondary N) is 1. The highest BCUT2D eigenvalue weighted by Gasteiger charge is 2.40. The molecule has 0 bridgehead atoms. The van der Waals surface area contributed by atoms with E-state index < -0.39 is 23.6 Å². The molecule has 0 radical (unpaired) electrons. The molecule has 10 nitrogen and oxygen atoms in total. The Hall–Kier alpha value is -5.49. The number of hydrogen-bond donors (Lipinski definition) is 2. The van der Waals surface area contributed by atoms with Crippen molar-refractivity contribution in [3.63, 3.8) is 0 Å². The van der Waals surface area contributed by atoms with Crippen molar-refractivity contribution in [3.05, 3.63) is 118 Å². The third kappa shape index (κ3) is 7.20. The number of amides is 3. The number of aromatic hydroxyl groups is 1. The van der Waals surface area contributed by atoms with Crippen LogP contribution in [0.1, 0.15) is 75.7 Å². The van der Waals surface area contributed by atoms with E-state index >= 15 is 8.78 Å².